The maximum atomic E-state index is 13.0. The third-order valence-electron chi connectivity index (χ3n) is 4.19. The number of hydrogen-bond acceptors (Lipinski definition) is 6. The van der Waals surface area contributed by atoms with Crippen LogP contribution in [0.15, 0.2) is 48.2 Å². The van der Waals surface area contributed by atoms with Crippen LogP contribution in [0.25, 0.3) is 6.08 Å². The smallest absolute Gasteiger partial charge is 0.419 e. The topological polar surface area (TPSA) is 128 Å². The van der Waals surface area contributed by atoms with Gasteiger partial charge in [-0.3, -0.25) is 14.9 Å². The maximum Gasteiger partial charge on any atom is 0.419 e. The summed E-state index contributed by atoms with van der Waals surface area (Å²) < 4.78 is 49.4. The van der Waals surface area contributed by atoms with Crippen molar-refractivity contribution in [2.45, 2.75) is 18.6 Å². The predicted octanol–water partition coefficient (Wildman–Crippen LogP) is 3.06. The molecule has 0 saturated carbocycles. The fourth-order valence-electron chi connectivity index (χ4n) is 2.67. The second kappa shape index (κ2) is 8.48. The summed E-state index contributed by atoms with van der Waals surface area (Å²) in [5.74, 6) is -1.99. The average Bonchev–Trinajstić information content (AvgIpc) is 3.00. The van der Waals surface area contributed by atoms with E-state index in [4.69, 9.17) is 20.3 Å². The Balaban J connectivity index is 1.84. The quantitative estimate of drug-likeness (QED) is 0.594. The highest BCUT2D eigenvalue weighted by molar-refractivity contribution is 6.09. The summed E-state index contributed by atoms with van der Waals surface area (Å²) in [5, 5.41) is 10.9. The number of carbonyl (C=O) groups excluding carboxylic acids is 2. The first-order valence-electron chi connectivity index (χ1n) is 8.74. The van der Waals surface area contributed by atoms with Gasteiger partial charge < -0.3 is 20.3 Å². The van der Waals surface area contributed by atoms with Gasteiger partial charge >= 0.3 is 18.2 Å². The maximum absolute atomic E-state index is 13.0. The lowest BCUT2D eigenvalue weighted by molar-refractivity contribution is -0.138. The van der Waals surface area contributed by atoms with Crippen molar-refractivity contribution in [3.63, 3.8) is 0 Å². The van der Waals surface area contributed by atoms with E-state index in [2.05, 4.69) is 0 Å². The monoisotopic (exact) mass is 436 g/mol. The van der Waals surface area contributed by atoms with Crippen LogP contribution in [-0.2, 0) is 26.9 Å². The molecule has 1 fully saturated rings. The van der Waals surface area contributed by atoms with Gasteiger partial charge in [-0.25, -0.2) is 4.79 Å². The summed E-state index contributed by atoms with van der Waals surface area (Å²) in [5.41, 5.74) is 4.99. The minimum Gasteiger partial charge on any atom is -0.480 e. The number of cyclic esters (lactones) is 1. The molecule has 162 valence electrons. The lowest BCUT2D eigenvalue weighted by Gasteiger charge is -2.16. The molecule has 4 N–H and O–H groups in total. The van der Waals surface area contributed by atoms with Gasteiger partial charge in [0.1, 0.15) is 17.5 Å². The molecule has 1 saturated heterocycles. The van der Waals surface area contributed by atoms with E-state index in [0.29, 0.717) is 5.56 Å². The minimum atomic E-state index is -4.62. The van der Waals surface area contributed by atoms with Crippen molar-refractivity contribution in [2.24, 2.45) is 5.73 Å². The molecule has 1 unspecified atom stereocenters. The third-order valence-corrected chi connectivity index (χ3v) is 4.19. The fraction of sp³-hybridized carbons (Fsp3) is 0.150. The highest BCUT2D eigenvalue weighted by atomic mass is 19.4. The zero-order valence-electron chi connectivity index (χ0n) is 15.6. The standard InChI is InChI=1S/C20H15F3N2O6/c21-20(22,23)12-3-6-15(11(8-12)9-14(24)18(27)28)30-13-4-1-10(2-5-13)7-16-17(26)25-19(29)31-16/h1-8,14H,9,24H2,(H,27,28)(H,25,26,29)/b16-7-. The zero-order chi connectivity index (χ0) is 22.8. The Morgan fingerprint density at radius 3 is 2.42 bits per heavy atom. The van der Waals surface area contributed by atoms with E-state index in [0.717, 1.165) is 18.2 Å². The van der Waals surface area contributed by atoms with E-state index in [1.807, 2.05) is 5.32 Å². The number of carbonyl (C=O) groups is 3. The Morgan fingerprint density at radius 1 is 1.19 bits per heavy atom. The second-order valence-electron chi connectivity index (χ2n) is 6.49. The summed E-state index contributed by atoms with van der Waals surface area (Å²) in [6.07, 6.45) is -4.56. The average molecular weight is 436 g/mol. The van der Waals surface area contributed by atoms with Gasteiger partial charge in [-0.2, -0.15) is 13.2 Å². The fourth-order valence-corrected chi connectivity index (χ4v) is 2.67. The number of aliphatic carboxylic acids is 1. The van der Waals surface area contributed by atoms with E-state index < -0.39 is 35.8 Å². The Hall–Kier alpha value is -3.86. The molecule has 2 aromatic carbocycles. The lowest BCUT2D eigenvalue weighted by atomic mass is 10.0. The molecule has 2 aromatic rings. The number of rotatable bonds is 6. The molecule has 2 amide bonds. The molecular weight excluding hydrogens is 421 g/mol. The molecule has 31 heavy (non-hydrogen) atoms. The van der Waals surface area contributed by atoms with Crippen LogP contribution < -0.4 is 15.8 Å². The SMILES string of the molecule is NC(Cc1cc(C(F)(F)F)ccc1Oc1ccc(/C=C2\OC(=O)NC2=O)cc1)C(=O)O. The van der Waals surface area contributed by atoms with Crippen LogP contribution in [0.5, 0.6) is 11.5 Å². The number of hydrogen-bond donors (Lipinski definition) is 3. The molecule has 1 heterocycles. The van der Waals surface area contributed by atoms with Crippen LogP contribution >= 0.6 is 0 Å². The summed E-state index contributed by atoms with van der Waals surface area (Å²) in [6.45, 7) is 0. The Kier molecular flexibility index (Phi) is 5.97. The van der Waals surface area contributed by atoms with E-state index in [1.165, 1.54) is 30.3 Å². The van der Waals surface area contributed by atoms with Crippen molar-refractivity contribution < 1.29 is 42.1 Å². The van der Waals surface area contributed by atoms with Crippen molar-refractivity contribution in [3.8, 4) is 11.5 Å². The molecule has 0 radical (unpaired) electrons. The first kappa shape index (κ1) is 21.8. The molecule has 1 aliphatic rings. The second-order valence-corrected chi connectivity index (χ2v) is 6.49. The van der Waals surface area contributed by atoms with Crippen LogP contribution in [0.2, 0.25) is 0 Å². The lowest BCUT2D eigenvalue weighted by Crippen LogP contribution is -2.32. The number of ether oxygens (including phenoxy) is 2. The van der Waals surface area contributed by atoms with Gasteiger partial charge in [-0.15, -0.1) is 0 Å². The van der Waals surface area contributed by atoms with Crippen LogP contribution in [-0.4, -0.2) is 29.1 Å². The predicted molar refractivity (Wildman–Crippen MR) is 99.9 cm³/mol. The first-order valence-corrected chi connectivity index (χ1v) is 8.74. The number of alkyl carbamates (subject to hydrolysis) is 1. The van der Waals surface area contributed by atoms with Gasteiger partial charge in [0.2, 0.25) is 0 Å². The van der Waals surface area contributed by atoms with E-state index in [9.17, 15) is 27.6 Å². The van der Waals surface area contributed by atoms with Gasteiger partial charge in [-0.05, 0) is 47.5 Å². The number of carboxylic acids is 1. The van der Waals surface area contributed by atoms with Crippen LogP contribution in [0.3, 0.4) is 0 Å². The molecule has 11 heteroatoms. The van der Waals surface area contributed by atoms with E-state index >= 15 is 0 Å². The zero-order valence-corrected chi connectivity index (χ0v) is 15.6. The number of amides is 2. The molecule has 8 nitrogen and oxygen atoms in total. The van der Waals surface area contributed by atoms with Crippen molar-refractivity contribution in [2.75, 3.05) is 0 Å². The summed E-state index contributed by atoms with van der Waals surface area (Å²) in [7, 11) is 0. The Morgan fingerprint density at radius 2 is 1.87 bits per heavy atom. The summed E-state index contributed by atoms with van der Waals surface area (Å²) >= 11 is 0. The molecule has 0 bridgehead atoms. The number of carboxylic acid groups (broad SMARTS) is 1. The molecule has 1 aliphatic heterocycles. The van der Waals surface area contributed by atoms with Crippen molar-refractivity contribution in [3.05, 3.63) is 64.9 Å². The minimum absolute atomic E-state index is 0.0138. The van der Waals surface area contributed by atoms with Crippen LogP contribution in [0, 0.1) is 0 Å². The van der Waals surface area contributed by atoms with Gasteiger partial charge in [0.15, 0.2) is 5.76 Å². The number of nitrogens with two attached hydrogens (primary N) is 1. The highest BCUT2D eigenvalue weighted by Crippen LogP contribution is 2.34. The number of nitrogens with one attached hydrogen (secondary N) is 1. The summed E-state index contributed by atoms with van der Waals surface area (Å²) in [4.78, 5) is 33.5. The van der Waals surface area contributed by atoms with Gasteiger partial charge in [0.25, 0.3) is 5.91 Å². The normalized spacial score (nSPS) is 16.1. The largest absolute Gasteiger partial charge is 0.480 e. The van der Waals surface area contributed by atoms with Crippen molar-refractivity contribution in [1.82, 2.24) is 5.32 Å². The molecule has 3 rings (SSSR count). The highest BCUT2D eigenvalue weighted by Gasteiger charge is 2.31. The number of imide groups is 1. The van der Waals surface area contributed by atoms with Gasteiger partial charge in [-0.1, -0.05) is 12.1 Å². The Labute approximate surface area is 173 Å². The molecule has 0 aliphatic carbocycles. The van der Waals surface area contributed by atoms with Crippen molar-refractivity contribution in [1.29, 1.82) is 0 Å². The number of alkyl halides is 3. The van der Waals surface area contributed by atoms with E-state index in [1.54, 1.807) is 0 Å². The van der Waals surface area contributed by atoms with Gasteiger partial charge in [0, 0.05) is 6.42 Å². The number of halogens is 3. The first-order chi connectivity index (χ1) is 14.5. The molecule has 1 atom stereocenters. The van der Waals surface area contributed by atoms with Gasteiger partial charge in [0.05, 0.1) is 5.56 Å². The van der Waals surface area contributed by atoms with E-state index in [-0.39, 0.29) is 29.2 Å². The third kappa shape index (κ3) is 5.39. The van der Waals surface area contributed by atoms with Crippen molar-refractivity contribution >= 4 is 24.0 Å². The molecular formula is C20H15F3N2O6. The van der Waals surface area contributed by atoms with Crippen LogP contribution in [0.1, 0.15) is 16.7 Å². The summed E-state index contributed by atoms with van der Waals surface area (Å²) in [6, 6.07) is 7.27. The molecule has 0 aromatic heterocycles. The number of benzene rings is 2. The van der Waals surface area contributed by atoms with Crippen LogP contribution in [0.4, 0.5) is 18.0 Å². The molecule has 0 spiro atoms. The Bertz CT molecular complexity index is 1060.